The predicted octanol–water partition coefficient (Wildman–Crippen LogP) is 1.89. The van der Waals surface area contributed by atoms with E-state index in [0.717, 1.165) is 11.3 Å². The van der Waals surface area contributed by atoms with Crippen molar-refractivity contribution >= 4 is 0 Å². The molecule has 0 amide bonds. The first kappa shape index (κ1) is 8.93. The highest BCUT2D eigenvalue weighted by Gasteiger charge is 2.13. The summed E-state index contributed by atoms with van der Waals surface area (Å²) in [6, 6.07) is 0. The van der Waals surface area contributed by atoms with Gasteiger partial charge in [0.15, 0.2) is 0 Å². The summed E-state index contributed by atoms with van der Waals surface area (Å²) in [5.41, 5.74) is 1.80. The molecule has 0 atom stereocenters. The zero-order chi connectivity index (χ0) is 10.1. The molecule has 0 radical (unpaired) electrons. The van der Waals surface area contributed by atoms with Gasteiger partial charge in [0.2, 0.25) is 5.89 Å². The summed E-state index contributed by atoms with van der Waals surface area (Å²) in [4.78, 5) is 0. The molecule has 2 heterocycles. The van der Waals surface area contributed by atoms with Crippen molar-refractivity contribution in [2.24, 2.45) is 0 Å². The Bertz CT molecular complexity index is 429. The van der Waals surface area contributed by atoms with Crippen molar-refractivity contribution in [3.63, 3.8) is 0 Å². The number of hydrogen-bond donors (Lipinski definition) is 1. The number of nitrogens with zero attached hydrogens (tertiary/aromatic N) is 3. The van der Waals surface area contributed by atoms with E-state index in [1.54, 1.807) is 6.20 Å². The molecule has 5 heteroatoms. The number of rotatable bonds is 2. The third kappa shape index (κ3) is 1.41. The first-order valence-corrected chi connectivity index (χ1v) is 4.52. The van der Waals surface area contributed by atoms with E-state index in [2.05, 4.69) is 20.4 Å². The molecular weight excluding hydrogens is 180 g/mol. The third-order valence-corrected chi connectivity index (χ3v) is 1.99. The van der Waals surface area contributed by atoms with Crippen LogP contribution in [0.15, 0.2) is 10.6 Å². The van der Waals surface area contributed by atoms with Crippen LogP contribution in [0.1, 0.15) is 31.4 Å². The number of aromatic amines is 1. The molecule has 0 unspecified atom stereocenters. The van der Waals surface area contributed by atoms with Crippen molar-refractivity contribution in [2.45, 2.75) is 26.7 Å². The maximum atomic E-state index is 5.49. The average molecular weight is 192 g/mol. The molecule has 0 saturated carbocycles. The molecule has 0 spiro atoms. The van der Waals surface area contributed by atoms with E-state index < -0.39 is 0 Å². The Morgan fingerprint density at radius 2 is 2.14 bits per heavy atom. The molecule has 0 aliphatic carbocycles. The lowest BCUT2D eigenvalue weighted by atomic mass is 10.2. The van der Waals surface area contributed by atoms with E-state index in [1.165, 1.54) is 0 Å². The van der Waals surface area contributed by atoms with Gasteiger partial charge in [-0.1, -0.05) is 13.8 Å². The van der Waals surface area contributed by atoms with Crippen molar-refractivity contribution in [1.29, 1.82) is 0 Å². The molecule has 0 aliphatic heterocycles. The summed E-state index contributed by atoms with van der Waals surface area (Å²) < 4.78 is 5.49. The van der Waals surface area contributed by atoms with E-state index in [-0.39, 0.29) is 5.92 Å². The number of aryl methyl sites for hydroxylation is 1. The van der Waals surface area contributed by atoms with Crippen LogP contribution in [-0.4, -0.2) is 20.4 Å². The second-order valence-electron chi connectivity index (χ2n) is 3.51. The van der Waals surface area contributed by atoms with Crippen molar-refractivity contribution in [3.05, 3.63) is 17.8 Å². The van der Waals surface area contributed by atoms with Gasteiger partial charge in [0, 0.05) is 11.6 Å². The van der Waals surface area contributed by atoms with E-state index in [9.17, 15) is 0 Å². The zero-order valence-corrected chi connectivity index (χ0v) is 8.40. The lowest BCUT2D eigenvalue weighted by Gasteiger charge is -1.94. The maximum absolute atomic E-state index is 5.49. The van der Waals surface area contributed by atoms with Crippen LogP contribution >= 0.6 is 0 Å². The Morgan fingerprint density at radius 1 is 1.36 bits per heavy atom. The highest BCUT2D eigenvalue weighted by atomic mass is 16.4. The molecular formula is C9H12N4O. The zero-order valence-electron chi connectivity index (χ0n) is 8.40. The Balaban J connectivity index is 2.39. The first-order chi connectivity index (χ1) is 6.68. The molecule has 5 nitrogen and oxygen atoms in total. The largest absolute Gasteiger partial charge is 0.420 e. The molecule has 74 valence electrons. The van der Waals surface area contributed by atoms with Gasteiger partial charge in [0.05, 0.1) is 11.8 Å². The summed E-state index contributed by atoms with van der Waals surface area (Å²) in [5.74, 6) is 1.43. The number of nitrogens with one attached hydrogen (secondary N) is 1. The SMILES string of the molecule is Cc1[nH]ncc1-c1nnc(C(C)C)o1. The van der Waals surface area contributed by atoms with Gasteiger partial charge >= 0.3 is 0 Å². The van der Waals surface area contributed by atoms with Crippen LogP contribution in [0.4, 0.5) is 0 Å². The van der Waals surface area contributed by atoms with Gasteiger partial charge in [-0.05, 0) is 6.92 Å². The fourth-order valence-electron chi connectivity index (χ4n) is 1.14. The Morgan fingerprint density at radius 3 is 2.64 bits per heavy atom. The fraction of sp³-hybridized carbons (Fsp3) is 0.444. The molecule has 0 aliphatic rings. The highest BCUT2D eigenvalue weighted by Crippen LogP contribution is 2.22. The summed E-state index contributed by atoms with van der Waals surface area (Å²) in [7, 11) is 0. The summed E-state index contributed by atoms with van der Waals surface area (Å²) >= 11 is 0. The number of aromatic nitrogens is 4. The van der Waals surface area contributed by atoms with Crippen LogP contribution in [0.5, 0.6) is 0 Å². The van der Waals surface area contributed by atoms with Gasteiger partial charge in [0.25, 0.3) is 5.89 Å². The molecule has 2 aromatic rings. The second-order valence-corrected chi connectivity index (χ2v) is 3.51. The molecule has 2 aromatic heterocycles. The molecule has 1 N–H and O–H groups in total. The predicted molar refractivity (Wildman–Crippen MR) is 50.7 cm³/mol. The second kappa shape index (κ2) is 3.25. The maximum Gasteiger partial charge on any atom is 0.251 e. The van der Waals surface area contributed by atoms with E-state index in [4.69, 9.17) is 4.42 Å². The van der Waals surface area contributed by atoms with E-state index in [1.807, 2.05) is 20.8 Å². The molecule has 0 fully saturated rings. The van der Waals surface area contributed by atoms with Crippen molar-refractivity contribution in [3.8, 4) is 11.5 Å². The smallest absolute Gasteiger partial charge is 0.251 e. The van der Waals surface area contributed by atoms with Gasteiger partial charge in [-0.25, -0.2) is 0 Å². The first-order valence-electron chi connectivity index (χ1n) is 4.52. The fourth-order valence-corrected chi connectivity index (χ4v) is 1.14. The van der Waals surface area contributed by atoms with Crippen LogP contribution in [0, 0.1) is 6.92 Å². The minimum atomic E-state index is 0.253. The van der Waals surface area contributed by atoms with E-state index in [0.29, 0.717) is 11.8 Å². The molecule has 0 saturated heterocycles. The summed E-state index contributed by atoms with van der Waals surface area (Å²) in [5, 5.41) is 14.6. The quantitative estimate of drug-likeness (QED) is 0.788. The highest BCUT2D eigenvalue weighted by molar-refractivity contribution is 5.53. The molecule has 0 aromatic carbocycles. The summed E-state index contributed by atoms with van der Waals surface area (Å²) in [6.45, 7) is 5.95. The topological polar surface area (TPSA) is 67.6 Å². The van der Waals surface area contributed by atoms with Gasteiger partial charge < -0.3 is 4.42 Å². The Kier molecular flexibility index (Phi) is 2.07. The lowest BCUT2D eigenvalue weighted by Crippen LogP contribution is -1.85. The minimum absolute atomic E-state index is 0.253. The minimum Gasteiger partial charge on any atom is -0.420 e. The standard InChI is InChI=1S/C9H12N4O/c1-5(2)8-12-13-9(14-8)7-4-10-11-6(7)3/h4-5H,1-3H3,(H,10,11). The van der Waals surface area contributed by atoms with Crippen LogP contribution in [-0.2, 0) is 0 Å². The normalized spacial score (nSPS) is 11.1. The van der Waals surface area contributed by atoms with Crippen LogP contribution in [0.2, 0.25) is 0 Å². The van der Waals surface area contributed by atoms with Crippen molar-refractivity contribution in [2.75, 3.05) is 0 Å². The van der Waals surface area contributed by atoms with Crippen LogP contribution in [0.25, 0.3) is 11.5 Å². The van der Waals surface area contributed by atoms with Gasteiger partial charge in [0.1, 0.15) is 0 Å². The van der Waals surface area contributed by atoms with Crippen LogP contribution in [0.3, 0.4) is 0 Å². The third-order valence-electron chi connectivity index (χ3n) is 1.99. The Hall–Kier alpha value is -1.65. The average Bonchev–Trinajstić information content (AvgIpc) is 2.71. The Labute approximate surface area is 81.5 Å². The van der Waals surface area contributed by atoms with E-state index >= 15 is 0 Å². The monoisotopic (exact) mass is 192 g/mol. The van der Waals surface area contributed by atoms with Gasteiger partial charge in [-0.2, -0.15) is 5.10 Å². The lowest BCUT2D eigenvalue weighted by molar-refractivity contribution is 0.481. The van der Waals surface area contributed by atoms with Crippen LogP contribution < -0.4 is 0 Å². The van der Waals surface area contributed by atoms with Gasteiger partial charge in [-0.15, -0.1) is 10.2 Å². The van der Waals surface area contributed by atoms with Crippen molar-refractivity contribution < 1.29 is 4.42 Å². The molecule has 14 heavy (non-hydrogen) atoms. The number of hydrogen-bond acceptors (Lipinski definition) is 4. The molecule has 0 bridgehead atoms. The summed E-state index contributed by atoms with van der Waals surface area (Å²) in [6.07, 6.45) is 1.69. The van der Waals surface area contributed by atoms with Crippen molar-refractivity contribution in [1.82, 2.24) is 20.4 Å². The number of H-pyrrole nitrogens is 1. The molecule has 2 rings (SSSR count). The van der Waals surface area contributed by atoms with Gasteiger partial charge in [-0.3, -0.25) is 5.10 Å².